The second kappa shape index (κ2) is 3.94. The molecular weight excluding hydrogens is 244 g/mol. The van der Waals surface area contributed by atoms with Crippen LogP contribution in [0.5, 0.6) is 0 Å². The van der Waals surface area contributed by atoms with Gasteiger partial charge in [-0.1, -0.05) is 6.07 Å². The number of aromatic carboxylic acids is 1. The lowest BCUT2D eigenvalue weighted by Gasteiger charge is -1.93. The SMILES string of the molecule is Cc1nn(C)cc1-c1nc2c(C(=O)O)cccc2[nH]1. The van der Waals surface area contributed by atoms with Gasteiger partial charge in [0.25, 0.3) is 0 Å². The Labute approximate surface area is 108 Å². The first kappa shape index (κ1) is 11.5. The van der Waals surface area contributed by atoms with Crippen LogP contribution in [-0.4, -0.2) is 30.8 Å². The van der Waals surface area contributed by atoms with Crippen LogP contribution >= 0.6 is 0 Å². The number of aryl methyl sites for hydroxylation is 2. The maximum Gasteiger partial charge on any atom is 0.337 e. The highest BCUT2D eigenvalue weighted by molar-refractivity contribution is 6.01. The Hall–Kier alpha value is -2.63. The third kappa shape index (κ3) is 1.77. The summed E-state index contributed by atoms with van der Waals surface area (Å²) in [6, 6.07) is 5.05. The largest absolute Gasteiger partial charge is 0.478 e. The smallest absolute Gasteiger partial charge is 0.337 e. The van der Waals surface area contributed by atoms with Crippen molar-refractivity contribution in [1.82, 2.24) is 19.7 Å². The van der Waals surface area contributed by atoms with Crippen molar-refractivity contribution in [3.05, 3.63) is 35.7 Å². The molecule has 0 atom stereocenters. The van der Waals surface area contributed by atoms with E-state index in [0.717, 1.165) is 11.3 Å². The van der Waals surface area contributed by atoms with Gasteiger partial charge >= 0.3 is 5.97 Å². The molecule has 19 heavy (non-hydrogen) atoms. The summed E-state index contributed by atoms with van der Waals surface area (Å²) in [7, 11) is 1.84. The average molecular weight is 256 g/mol. The lowest BCUT2D eigenvalue weighted by atomic mass is 10.2. The van der Waals surface area contributed by atoms with Crippen LogP contribution in [0.3, 0.4) is 0 Å². The zero-order chi connectivity index (χ0) is 13.6. The van der Waals surface area contributed by atoms with E-state index in [1.54, 1.807) is 16.8 Å². The standard InChI is InChI=1S/C13H12N4O2/c1-7-9(6-17(2)16-7)12-14-10-5-3-4-8(13(18)19)11(10)15-12/h3-6H,1-2H3,(H,14,15)(H,18,19). The van der Waals surface area contributed by atoms with Gasteiger partial charge in [0.15, 0.2) is 0 Å². The van der Waals surface area contributed by atoms with E-state index in [0.29, 0.717) is 16.9 Å². The molecule has 0 spiro atoms. The third-order valence-corrected chi connectivity index (χ3v) is 3.01. The molecule has 0 aliphatic heterocycles. The van der Waals surface area contributed by atoms with Gasteiger partial charge in [0.2, 0.25) is 0 Å². The minimum absolute atomic E-state index is 0.196. The number of aromatic nitrogens is 4. The molecule has 2 heterocycles. The molecule has 3 aromatic rings. The van der Waals surface area contributed by atoms with Crippen molar-refractivity contribution in [1.29, 1.82) is 0 Å². The molecule has 0 unspecified atom stereocenters. The van der Waals surface area contributed by atoms with Crippen molar-refractivity contribution in [2.75, 3.05) is 0 Å². The molecule has 2 aromatic heterocycles. The minimum Gasteiger partial charge on any atom is -0.478 e. The Morgan fingerprint density at radius 3 is 2.84 bits per heavy atom. The minimum atomic E-state index is -0.980. The first-order chi connectivity index (χ1) is 9.06. The first-order valence-electron chi connectivity index (χ1n) is 5.79. The molecular formula is C13H12N4O2. The number of H-pyrrole nitrogens is 1. The molecule has 6 heteroatoms. The highest BCUT2D eigenvalue weighted by Gasteiger charge is 2.15. The van der Waals surface area contributed by atoms with Crippen LogP contribution in [0.2, 0.25) is 0 Å². The Balaban J connectivity index is 2.25. The number of imidazole rings is 1. The number of hydrogen-bond donors (Lipinski definition) is 2. The fraction of sp³-hybridized carbons (Fsp3) is 0.154. The molecule has 0 saturated heterocycles. The summed E-state index contributed by atoms with van der Waals surface area (Å²) in [5.41, 5.74) is 3.08. The van der Waals surface area contributed by atoms with E-state index in [4.69, 9.17) is 5.11 Å². The molecule has 1 aromatic carbocycles. The summed E-state index contributed by atoms with van der Waals surface area (Å²) in [6.45, 7) is 1.89. The number of aromatic amines is 1. The van der Waals surface area contributed by atoms with Gasteiger partial charge in [-0.2, -0.15) is 5.10 Å². The number of carboxylic acid groups (broad SMARTS) is 1. The van der Waals surface area contributed by atoms with Gasteiger partial charge in [-0.25, -0.2) is 9.78 Å². The van der Waals surface area contributed by atoms with Crippen molar-refractivity contribution in [3.63, 3.8) is 0 Å². The molecule has 2 N–H and O–H groups in total. The van der Waals surface area contributed by atoms with Crippen LogP contribution < -0.4 is 0 Å². The molecule has 0 amide bonds. The third-order valence-electron chi connectivity index (χ3n) is 3.01. The van der Waals surface area contributed by atoms with Gasteiger partial charge in [0.1, 0.15) is 11.3 Å². The Kier molecular flexibility index (Phi) is 2.38. The van der Waals surface area contributed by atoms with Gasteiger partial charge in [-0.3, -0.25) is 4.68 Å². The zero-order valence-corrected chi connectivity index (χ0v) is 10.5. The first-order valence-corrected chi connectivity index (χ1v) is 5.79. The molecule has 0 bridgehead atoms. The average Bonchev–Trinajstić information content (AvgIpc) is 2.91. The quantitative estimate of drug-likeness (QED) is 0.734. The number of rotatable bonds is 2. The normalized spacial score (nSPS) is 11.1. The predicted molar refractivity (Wildman–Crippen MR) is 70.0 cm³/mol. The van der Waals surface area contributed by atoms with Gasteiger partial charge in [-0.15, -0.1) is 0 Å². The molecule has 96 valence electrons. The van der Waals surface area contributed by atoms with E-state index in [-0.39, 0.29) is 5.56 Å². The zero-order valence-electron chi connectivity index (χ0n) is 10.5. The highest BCUT2D eigenvalue weighted by Crippen LogP contribution is 2.24. The molecule has 3 rings (SSSR count). The van der Waals surface area contributed by atoms with Crippen LogP contribution in [0, 0.1) is 6.92 Å². The van der Waals surface area contributed by atoms with Crippen molar-refractivity contribution >= 4 is 17.0 Å². The second-order valence-electron chi connectivity index (χ2n) is 4.39. The van der Waals surface area contributed by atoms with Crippen molar-refractivity contribution in [3.8, 4) is 11.4 Å². The Morgan fingerprint density at radius 2 is 2.21 bits per heavy atom. The maximum absolute atomic E-state index is 11.2. The summed E-state index contributed by atoms with van der Waals surface area (Å²) in [4.78, 5) is 18.7. The summed E-state index contributed by atoms with van der Waals surface area (Å²) < 4.78 is 1.70. The number of benzene rings is 1. The molecule has 0 saturated carbocycles. The van der Waals surface area contributed by atoms with Gasteiger partial charge in [-0.05, 0) is 19.1 Å². The summed E-state index contributed by atoms with van der Waals surface area (Å²) in [5, 5.41) is 13.4. The van der Waals surface area contributed by atoms with Crippen molar-refractivity contribution in [2.45, 2.75) is 6.92 Å². The van der Waals surface area contributed by atoms with E-state index in [1.807, 2.05) is 26.2 Å². The molecule has 0 fully saturated rings. The monoisotopic (exact) mass is 256 g/mol. The van der Waals surface area contributed by atoms with Crippen LogP contribution in [0.15, 0.2) is 24.4 Å². The van der Waals surface area contributed by atoms with E-state index < -0.39 is 5.97 Å². The number of nitrogens with one attached hydrogen (secondary N) is 1. The summed E-state index contributed by atoms with van der Waals surface area (Å²) >= 11 is 0. The predicted octanol–water partition coefficient (Wildman–Crippen LogP) is 1.97. The Bertz CT molecular complexity index is 785. The molecule has 0 aliphatic carbocycles. The van der Waals surface area contributed by atoms with E-state index in [2.05, 4.69) is 15.1 Å². The molecule has 0 aliphatic rings. The fourth-order valence-electron chi connectivity index (χ4n) is 2.16. The molecule has 0 radical (unpaired) electrons. The fourth-order valence-corrected chi connectivity index (χ4v) is 2.16. The number of para-hydroxylation sites is 1. The number of nitrogens with zero attached hydrogens (tertiary/aromatic N) is 3. The van der Waals surface area contributed by atoms with Gasteiger partial charge < -0.3 is 10.1 Å². The van der Waals surface area contributed by atoms with Crippen molar-refractivity contribution < 1.29 is 9.90 Å². The van der Waals surface area contributed by atoms with Crippen molar-refractivity contribution in [2.24, 2.45) is 7.05 Å². The second-order valence-corrected chi connectivity index (χ2v) is 4.39. The lowest BCUT2D eigenvalue weighted by Crippen LogP contribution is -1.96. The van der Waals surface area contributed by atoms with E-state index in [9.17, 15) is 4.79 Å². The Morgan fingerprint density at radius 1 is 1.42 bits per heavy atom. The van der Waals surface area contributed by atoms with Gasteiger partial charge in [0, 0.05) is 13.2 Å². The number of carbonyl (C=O) groups is 1. The van der Waals surface area contributed by atoms with Crippen LogP contribution in [0.1, 0.15) is 16.1 Å². The number of carboxylic acids is 1. The topological polar surface area (TPSA) is 83.8 Å². The maximum atomic E-state index is 11.2. The highest BCUT2D eigenvalue weighted by atomic mass is 16.4. The van der Waals surface area contributed by atoms with Crippen LogP contribution in [-0.2, 0) is 7.05 Å². The summed E-state index contributed by atoms with van der Waals surface area (Å²) in [6.07, 6.45) is 1.85. The van der Waals surface area contributed by atoms with E-state index in [1.165, 1.54) is 0 Å². The van der Waals surface area contributed by atoms with Crippen LogP contribution in [0.25, 0.3) is 22.4 Å². The van der Waals surface area contributed by atoms with Gasteiger partial charge in [0.05, 0.1) is 22.3 Å². The van der Waals surface area contributed by atoms with Crippen LogP contribution in [0.4, 0.5) is 0 Å². The number of fused-ring (bicyclic) bond motifs is 1. The van der Waals surface area contributed by atoms with E-state index >= 15 is 0 Å². The lowest BCUT2D eigenvalue weighted by molar-refractivity contribution is 0.0699. The summed E-state index contributed by atoms with van der Waals surface area (Å²) in [5.74, 6) is -0.346. The number of hydrogen-bond acceptors (Lipinski definition) is 3. The molecule has 6 nitrogen and oxygen atoms in total.